The maximum Gasteiger partial charge on any atom is 0.311 e. The molecule has 0 aliphatic carbocycles. The fraction of sp³-hybridized carbons (Fsp3) is 0.409. The molecule has 1 saturated heterocycles. The number of aryl methyl sites for hydroxylation is 1. The lowest BCUT2D eigenvalue weighted by atomic mass is 9.99. The number of hydrogen-bond acceptors (Lipinski definition) is 5. The summed E-state index contributed by atoms with van der Waals surface area (Å²) in [5.74, 6) is 0.352. The van der Waals surface area contributed by atoms with Gasteiger partial charge in [0.2, 0.25) is 11.8 Å². The van der Waals surface area contributed by atoms with E-state index in [0.29, 0.717) is 23.9 Å². The van der Waals surface area contributed by atoms with Crippen molar-refractivity contribution in [3.05, 3.63) is 43.9 Å². The molecular formula is C22H25N3O3S. The van der Waals surface area contributed by atoms with Crippen LogP contribution in [0.5, 0.6) is 5.88 Å². The average molecular weight is 412 g/mol. The number of amides is 1. The molecule has 1 amide bonds. The minimum Gasteiger partial charge on any atom is -0.493 e. The quantitative estimate of drug-likeness (QED) is 0.834. The number of para-hydroxylation sites is 1. The molecule has 0 spiro atoms. The minimum absolute atomic E-state index is 0.119. The third kappa shape index (κ3) is 3.79. The Balaban J connectivity index is 1.58. The Morgan fingerprint density at radius 2 is 2.10 bits per heavy atom. The van der Waals surface area contributed by atoms with Gasteiger partial charge in [-0.1, -0.05) is 43.4 Å². The summed E-state index contributed by atoms with van der Waals surface area (Å²) in [6.45, 7) is 5.58. The largest absolute Gasteiger partial charge is 0.493 e. The predicted molar refractivity (Wildman–Crippen MR) is 117 cm³/mol. The third-order valence-corrected chi connectivity index (χ3v) is 6.67. The predicted octanol–water partition coefficient (Wildman–Crippen LogP) is 3.69. The van der Waals surface area contributed by atoms with Crippen molar-refractivity contribution < 1.29 is 9.90 Å². The van der Waals surface area contributed by atoms with Gasteiger partial charge >= 0.3 is 4.87 Å². The molecule has 1 N–H and O–H groups in total. The Kier molecular flexibility index (Phi) is 5.41. The Morgan fingerprint density at radius 3 is 2.83 bits per heavy atom. The number of likely N-dealkylation sites (tertiary alicyclic amines) is 1. The Bertz CT molecular complexity index is 1060. The van der Waals surface area contributed by atoms with Gasteiger partial charge in [0.1, 0.15) is 6.54 Å². The molecule has 4 rings (SSSR count). The molecule has 0 unspecified atom stereocenters. The van der Waals surface area contributed by atoms with E-state index in [4.69, 9.17) is 0 Å². The number of aromatic nitrogens is 1. The smallest absolute Gasteiger partial charge is 0.311 e. The monoisotopic (exact) mass is 411 g/mol. The number of aliphatic imine (C=N–C) groups is 1. The number of carbonyl (C=O) groups excluding carboxylic acids is 1. The lowest BCUT2D eigenvalue weighted by molar-refractivity contribution is -0.133. The average Bonchev–Trinajstić information content (AvgIpc) is 3.24. The Morgan fingerprint density at radius 1 is 1.34 bits per heavy atom. The number of benzene rings is 1. The van der Waals surface area contributed by atoms with E-state index in [1.807, 2.05) is 12.1 Å². The Hall–Kier alpha value is -2.67. The van der Waals surface area contributed by atoms with Crippen LogP contribution in [-0.2, 0) is 17.8 Å². The summed E-state index contributed by atoms with van der Waals surface area (Å²) in [7, 11) is 0. The van der Waals surface area contributed by atoms with Crippen LogP contribution in [0.1, 0.15) is 42.7 Å². The number of aromatic hydroxyl groups is 1. The van der Waals surface area contributed by atoms with Crippen molar-refractivity contribution in [3.63, 3.8) is 0 Å². The molecule has 152 valence electrons. The highest BCUT2D eigenvalue weighted by molar-refractivity contribution is 7.10. The molecule has 1 aromatic carbocycles. The first-order valence-electron chi connectivity index (χ1n) is 10.1. The van der Waals surface area contributed by atoms with Gasteiger partial charge in [0.15, 0.2) is 0 Å². The minimum atomic E-state index is -0.328. The maximum absolute atomic E-state index is 12.6. The molecular weight excluding hydrogens is 386 g/mol. The third-order valence-electron chi connectivity index (χ3n) is 5.75. The standard InChI is InChI=1S/C22H25N3O3S/c1-3-15-5-4-6-17-16(12-23-20(15)17)11-18-21(27)25(22(28)29-18)13-19(26)24-9-7-14(2)8-10-24/h4-6,11-12,14,27H,3,7-10,13H2,1-2H3. The van der Waals surface area contributed by atoms with Gasteiger partial charge < -0.3 is 10.0 Å². The number of fused-ring (bicyclic) bond motifs is 1. The molecule has 2 aliphatic rings. The van der Waals surface area contributed by atoms with E-state index in [0.717, 1.165) is 47.4 Å². The number of piperidine rings is 1. The van der Waals surface area contributed by atoms with Gasteiger partial charge in [-0.25, -0.2) is 0 Å². The highest BCUT2D eigenvalue weighted by atomic mass is 32.1. The number of nitrogens with zero attached hydrogens (tertiary/aromatic N) is 3. The lowest BCUT2D eigenvalue weighted by Crippen LogP contribution is -2.40. The normalized spacial score (nSPS) is 17.9. The van der Waals surface area contributed by atoms with Crippen LogP contribution in [0.4, 0.5) is 5.69 Å². The van der Waals surface area contributed by atoms with Gasteiger partial charge in [-0.3, -0.25) is 19.1 Å². The topological polar surface area (TPSA) is 74.9 Å². The van der Waals surface area contributed by atoms with Gasteiger partial charge in [-0.2, -0.15) is 0 Å². The fourth-order valence-corrected chi connectivity index (χ4v) is 4.70. The van der Waals surface area contributed by atoms with Crippen LogP contribution in [-0.4, -0.2) is 39.8 Å². The van der Waals surface area contributed by atoms with Crippen LogP contribution in [0.3, 0.4) is 0 Å². The highest BCUT2D eigenvalue weighted by Gasteiger charge is 2.23. The zero-order valence-corrected chi connectivity index (χ0v) is 17.5. The van der Waals surface area contributed by atoms with Crippen molar-refractivity contribution in [2.75, 3.05) is 13.1 Å². The number of hydrogen-bond donors (Lipinski definition) is 1. The lowest BCUT2D eigenvalue weighted by Gasteiger charge is -2.30. The molecule has 2 aliphatic heterocycles. The van der Waals surface area contributed by atoms with E-state index in [9.17, 15) is 14.7 Å². The number of thiazole rings is 1. The first kappa shape index (κ1) is 19.6. The van der Waals surface area contributed by atoms with E-state index < -0.39 is 0 Å². The summed E-state index contributed by atoms with van der Waals surface area (Å²) in [5.41, 5.74) is 3.96. The second-order valence-electron chi connectivity index (χ2n) is 7.73. The summed E-state index contributed by atoms with van der Waals surface area (Å²) in [6.07, 6.45) is 6.38. The highest BCUT2D eigenvalue weighted by Crippen LogP contribution is 2.37. The first-order chi connectivity index (χ1) is 14.0. The molecule has 0 atom stereocenters. The van der Waals surface area contributed by atoms with E-state index in [2.05, 4.69) is 24.9 Å². The molecule has 6 nitrogen and oxygen atoms in total. The van der Waals surface area contributed by atoms with Gasteiger partial charge in [-0.15, -0.1) is 0 Å². The van der Waals surface area contributed by atoms with Crippen LogP contribution in [0, 0.1) is 5.92 Å². The summed E-state index contributed by atoms with van der Waals surface area (Å²) < 4.78 is 1.17. The van der Waals surface area contributed by atoms with Gasteiger partial charge in [-0.05, 0) is 36.8 Å². The summed E-state index contributed by atoms with van der Waals surface area (Å²) in [4.78, 5) is 31.4. The van der Waals surface area contributed by atoms with Crippen LogP contribution < -0.4 is 4.87 Å². The molecule has 0 radical (unpaired) electrons. The van der Waals surface area contributed by atoms with E-state index in [1.165, 1.54) is 10.1 Å². The van der Waals surface area contributed by atoms with E-state index in [1.54, 1.807) is 17.2 Å². The van der Waals surface area contributed by atoms with Crippen molar-refractivity contribution in [1.29, 1.82) is 0 Å². The van der Waals surface area contributed by atoms with Crippen molar-refractivity contribution in [2.24, 2.45) is 10.9 Å². The fourth-order valence-electron chi connectivity index (χ4n) is 3.86. The summed E-state index contributed by atoms with van der Waals surface area (Å²) >= 11 is 0.950. The first-order valence-corrected chi connectivity index (χ1v) is 10.9. The molecule has 7 heteroatoms. The molecule has 29 heavy (non-hydrogen) atoms. The Labute approximate surface area is 173 Å². The molecule has 0 saturated carbocycles. The summed E-state index contributed by atoms with van der Waals surface area (Å²) in [6, 6.07) is 6.04. The molecule has 3 heterocycles. The van der Waals surface area contributed by atoms with Crippen molar-refractivity contribution in [2.45, 2.75) is 39.7 Å². The van der Waals surface area contributed by atoms with E-state index in [-0.39, 0.29) is 23.2 Å². The number of carbonyl (C=O) groups is 1. The second-order valence-corrected chi connectivity index (χ2v) is 8.72. The SMILES string of the molecule is CCc1cccc2c1N=CC2=Cc1sc(=O)n(CC(=O)N2CCC(C)CC2)c1O. The second kappa shape index (κ2) is 7.99. The van der Waals surface area contributed by atoms with Gasteiger partial charge in [0.25, 0.3) is 0 Å². The van der Waals surface area contributed by atoms with Gasteiger partial charge in [0.05, 0.1) is 10.6 Å². The molecule has 1 fully saturated rings. The number of allylic oxidation sites excluding steroid dienone is 1. The zero-order valence-electron chi connectivity index (χ0n) is 16.7. The van der Waals surface area contributed by atoms with E-state index >= 15 is 0 Å². The van der Waals surface area contributed by atoms with Crippen molar-refractivity contribution in [1.82, 2.24) is 9.47 Å². The van der Waals surface area contributed by atoms with Crippen LogP contribution in [0.2, 0.25) is 0 Å². The van der Waals surface area contributed by atoms with Crippen LogP contribution >= 0.6 is 11.3 Å². The van der Waals surface area contributed by atoms with Crippen molar-refractivity contribution in [3.8, 4) is 5.88 Å². The van der Waals surface area contributed by atoms with Gasteiger partial charge in [0, 0.05) is 30.4 Å². The van der Waals surface area contributed by atoms with Crippen molar-refractivity contribution >= 4 is 40.8 Å². The molecule has 2 aromatic rings. The molecule has 0 bridgehead atoms. The van der Waals surface area contributed by atoms with Crippen LogP contribution in [0.15, 0.2) is 28.0 Å². The van der Waals surface area contributed by atoms with Crippen LogP contribution in [0.25, 0.3) is 11.6 Å². The number of rotatable bonds is 4. The maximum atomic E-state index is 12.6. The zero-order chi connectivity index (χ0) is 20.5. The summed E-state index contributed by atoms with van der Waals surface area (Å²) in [5, 5.41) is 10.6. The molecule has 1 aromatic heterocycles.